The van der Waals surface area contributed by atoms with Gasteiger partial charge in [0.25, 0.3) is 10.0 Å². The van der Waals surface area contributed by atoms with Gasteiger partial charge < -0.3 is 15.0 Å². The summed E-state index contributed by atoms with van der Waals surface area (Å²) in [6.45, 7) is 5.42. The summed E-state index contributed by atoms with van der Waals surface area (Å²) >= 11 is 0. The predicted octanol–water partition coefficient (Wildman–Crippen LogP) is 5.76. The zero-order chi connectivity index (χ0) is 31.0. The van der Waals surface area contributed by atoms with Crippen LogP contribution in [0.2, 0.25) is 0 Å². The minimum absolute atomic E-state index is 0.0704. The van der Waals surface area contributed by atoms with Gasteiger partial charge in [0.15, 0.2) is 0 Å². The normalized spacial score (nSPS) is 14.5. The molecule has 0 aromatic heterocycles. The Hall–Kier alpha value is -3.85. The van der Waals surface area contributed by atoms with Crippen LogP contribution in [0.3, 0.4) is 0 Å². The van der Waals surface area contributed by atoms with E-state index in [-0.39, 0.29) is 23.4 Å². The maximum atomic E-state index is 14.3. The number of benzene rings is 3. The maximum absolute atomic E-state index is 14.3. The molecular formula is C34H43N3O5S. The summed E-state index contributed by atoms with van der Waals surface area (Å²) in [4.78, 5) is 29.6. The van der Waals surface area contributed by atoms with Crippen LogP contribution in [0.25, 0.3) is 0 Å². The van der Waals surface area contributed by atoms with Crippen molar-refractivity contribution in [2.24, 2.45) is 0 Å². The van der Waals surface area contributed by atoms with E-state index in [9.17, 15) is 18.0 Å². The van der Waals surface area contributed by atoms with Crippen molar-refractivity contribution in [1.82, 2.24) is 10.2 Å². The molecule has 0 bridgehead atoms. The van der Waals surface area contributed by atoms with Crippen molar-refractivity contribution < 1.29 is 22.7 Å². The number of sulfonamides is 1. The van der Waals surface area contributed by atoms with Gasteiger partial charge in [-0.3, -0.25) is 13.9 Å². The highest BCUT2D eigenvalue weighted by Gasteiger charge is 2.34. The summed E-state index contributed by atoms with van der Waals surface area (Å²) < 4.78 is 34.6. The van der Waals surface area contributed by atoms with Gasteiger partial charge in [-0.05, 0) is 62.9 Å². The molecule has 230 valence electrons. The molecule has 1 fully saturated rings. The van der Waals surface area contributed by atoms with Gasteiger partial charge in [-0.2, -0.15) is 0 Å². The molecule has 9 heteroatoms. The van der Waals surface area contributed by atoms with Crippen molar-refractivity contribution in [3.05, 3.63) is 89.5 Å². The molecule has 0 spiro atoms. The van der Waals surface area contributed by atoms with E-state index in [0.29, 0.717) is 17.9 Å². The van der Waals surface area contributed by atoms with E-state index in [1.54, 1.807) is 48.5 Å². The molecule has 4 rings (SSSR count). The van der Waals surface area contributed by atoms with E-state index < -0.39 is 28.5 Å². The van der Waals surface area contributed by atoms with Crippen LogP contribution in [-0.2, 0) is 26.2 Å². The Kier molecular flexibility index (Phi) is 10.9. The first-order valence-electron chi connectivity index (χ1n) is 15.0. The standard InChI is InChI=1S/C34H43N3O5S/c1-5-32(34(39)35-28-13-7-6-8-14-28)36(23-27-12-9-11-26(3)21-27)33(38)24-37(29-15-10-16-30(22-29)42-4)43(40,41)31-19-17-25(2)18-20-31/h9-12,15-22,28,32H,5-8,13-14,23-24H2,1-4H3,(H,35,39)/t32-/m1/s1. The summed E-state index contributed by atoms with van der Waals surface area (Å²) in [5, 5.41) is 3.18. The second-order valence-electron chi connectivity index (χ2n) is 11.3. The van der Waals surface area contributed by atoms with E-state index in [0.717, 1.165) is 53.1 Å². The van der Waals surface area contributed by atoms with Crippen molar-refractivity contribution in [3.63, 3.8) is 0 Å². The number of nitrogens with one attached hydrogen (secondary N) is 1. The van der Waals surface area contributed by atoms with E-state index in [2.05, 4.69) is 5.32 Å². The van der Waals surface area contributed by atoms with Gasteiger partial charge in [0.05, 0.1) is 17.7 Å². The van der Waals surface area contributed by atoms with Crippen LogP contribution in [0.1, 0.15) is 62.1 Å². The first-order valence-corrected chi connectivity index (χ1v) is 16.4. The number of hydrogen-bond acceptors (Lipinski definition) is 5. The van der Waals surface area contributed by atoms with Crippen LogP contribution in [0.4, 0.5) is 5.69 Å². The molecule has 3 aromatic rings. The van der Waals surface area contributed by atoms with Crippen molar-refractivity contribution in [3.8, 4) is 5.75 Å². The SMILES string of the molecule is CC[C@H](C(=O)NC1CCCCC1)N(Cc1cccc(C)c1)C(=O)CN(c1cccc(OC)c1)S(=O)(=O)c1ccc(C)cc1. The lowest BCUT2D eigenvalue weighted by atomic mass is 9.95. The molecule has 3 aromatic carbocycles. The van der Waals surface area contributed by atoms with Crippen LogP contribution < -0.4 is 14.4 Å². The minimum atomic E-state index is -4.15. The number of carbonyl (C=O) groups is 2. The number of hydrogen-bond donors (Lipinski definition) is 1. The summed E-state index contributed by atoms with van der Waals surface area (Å²) in [5.74, 6) is -0.209. The second kappa shape index (κ2) is 14.6. The van der Waals surface area contributed by atoms with E-state index in [4.69, 9.17) is 4.74 Å². The smallest absolute Gasteiger partial charge is 0.264 e. The first kappa shape index (κ1) is 32.1. The van der Waals surface area contributed by atoms with Gasteiger partial charge in [0, 0.05) is 18.7 Å². The van der Waals surface area contributed by atoms with Gasteiger partial charge in [-0.25, -0.2) is 8.42 Å². The minimum Gasteiger partial charge on any atom is -0.497 e. The Balaban J connectivity index is 1.72. The summed E-state index contributed by atoms with van der Waals surface area (Å²) in [6.07, 6.45) is 5.54. The molecule has 0 aliphatic heterocycles. The zero-order valence-corrected chi connectivity index (χ0v) is 26.4. The number of amides is 2. The third kappa shape index (κ3) is 8.16. The summed E-state index contributed by atoms with van der Waals surface area (Å²) in [7, 11) is -2.65. The van der Waals surface area contributed by atoms with Crippen LogP contribution in [0.5, 0.6) is 5.75 Å². The molecule has 1 saturated carbocycles. The maximum Gasteiger partial charge on any atom is 0.264 e. The molecule has 1 atom stereocenters. The lowest BCUT2D eigenvalue weighted by molar-refractivity contribution is -0.140. The Morgan fingerprint density at radius 3 is 2.28 bits per heavy atom. The average Bonchev–Trinajstić information content (AvgIpc) is 3.00. The molecule has 1 aliphatic rings. The van der Waals surface area contributed by atoms with Crippen LogP contribution in [-0.4, -0.2) is 50.9 Å². The van der Waals surface area contributed by atoms with Gasteiger partial charge >= 0.3 is 0 Å². The molecule has 1 aliphatic carbocycles. The number of rotatable bonds is 12. The van der Waals surface area contributed by atoms with E-state index >= 15 is 0 Å². The first-order chi connectivity index (χ1) is 20.6. The third-order valence-electron chi connectivity index (χ3n) is 8.00. The monoisotopic (exact) mass is 605 g/mol. The zero-order valence-electron chi connectivity index (χ0n) is 25.6. The van der Waals surface area contributed by atoms with Gasteiger partial charge in [-0.15, -0.1) is 0 Å². The topological polar surface area (TPSA) is 96.0 Å². The molecule has 0 unspecified atom stereocenters. The third-order valence-corrected chi connectivity index (χ3v) is 9.79. The number of methoxy groups -OCH3 is 1. The number of anilines is 1. The largest absolute Gasteiger partial charge is 0.497 e. The Morgan fingerprint density at radius 2 is 1.63 bits per heavy atom. The molecule has 1 N–H and O–H groups in total. The number of aryl methyl sites for hydroxylation is 2. The lowest BCUT2D eigenvalue weighted by Gasteiger charge is -2.34. The van der Waals surface area contributed by atoms with Gasteiger partial charge in [-0.1, -0.05) is 79.8 Å². The molecule has 0 heterocycles. The van der Waals surface area contributed by atoms with Crippen LogP contribution in [0, 0.1) is 13.8 Å². The Bertz CT molecular complexity index is 1500. The van der Waals surface area contributed by atoms with Crippen molar-refractivity contribution in [2.75, 3.05) is 18.0 Å². The second-order valence-corrected chi connectivity index (χ2v) is 13.2. The van der Waals surface area contributed by atoms with E-state index in [1.165, 1.54) is 12.0 Å². The Labute approximate surface area is 256 Å². The number of nitrogens with zero attached hydrogens (tertiary/aromatic N) is 2. The number of ether oxygens (including phenoxy) is 1. The number of carbonyl (C=O) groups excluding carboxylic acids is 2. The lowest BCUT2D eigenvalue weighted by Crippen LogP contribution is -2.54. The van der Waals surface area contributed by atoms with Crippen molar-refractivity contribution >= 4 is 27.5 Å². The molecule has 0 radical (unpaired) electrons. The summed E-state index contributed by atoms with van der Waals surface area (Å²) in [6, 6.07) is 20.3. The highest BCUT2D eigenvalue weighted by atomic mass is 32.2. The van der Waals surface area contributed by atoms with Crippen LogP contribution in [0.15, 0.2) is 77.7 Å². The van der Waals surface area contributed by atoms with Crippen molar-refractivity contribution in [2.45, 2.75) is 82.8 Å². The van der Waals surface area contributed by atoms with Gasteiger partial charge in [0.1, 0.15) is 18.3 Å². The highest BCUT2D eigenvalue weighted by molar-refractivity contribution is 7.92. The predicted molar refractivity (Wildman–Crippen MR) is 170 cm³/mol. The average molecular weight is 606 g/mol. The molecule has 2 amide bonds. The van der Waals surface area contributed by atoms with Crippen molar-refractivity contribution in [1.29, 1.82) is 0 Å². The fourth-order valence-corrected chi connectivity index (χ4v) is 7.01. The molecule has 8 nitrogen and oxygen atoms in total. The fourth-order valence-electron chi connectivity index (χ4n) is 5.60. The van der Waals surface area contributed by atoms with Crippen LogP contribution >= 0.6 is 0 Å². The van der Waals surface area contributed by atoms with Gasteiger partial charge in [0.2, 0.25) is 11.8 Å². The molecular weight excluding hydrogens is 562 g/mol. The summed E-state index contributed by atoms with van der Waals surface area (Å²) in [5.41, 5.74) is 3.11. The molecule has 43 heavy (non-hydrogen) atoms. The Morgan fingerprint density at radius 1 is 0.930 bits per heavy atom. The quantitative estimate of drug-likeness (QED) is 0.283. The van der Waals surface area contributed by atoms with E-state index in [1.807, 2.05) is 45.0 Å². The fraction of sp³-hybridized carbons (Fsp3) is 0.412. The molecule has 0 saturated heterocycles. The highest BCUT2D eigenvalue weighted by Crippen LogP contribution is 2.28.